The molecule has 106 valence electrons. The molecular formula is C12H19N3O3S. The van der Waals surface area contributed by atoms with Crippen LogP contribution >= 0.6 is 0 Å². The van der Waals surface area contributed by atoms with Gasteiger partial charge in [0.05, 0.1) is 11.9 Å². The fourth-order valence-corrected chi connectivity index (χ4v) is 2.17. The number of nitrogens with two attached hydrogens (primary N) is 1. The maximum atomic E-state index is 11.5. The summed E-state index contributed by atoms with van der Waals surface area (Å²) < 4.78 is 24.7. The third-order valence-electron chi connectivity index (χ3n) is 2.41. The van der Waals surface area contributed by atoms with Gasteiger partial charge in [0.25, 0.3) is 0 Å². The maximum absolute atomic E-state index is 11.5. The van der Waals surface area contributed by atoms with Crippen LogP contribution < -0.4 is 15.8 Å². The second-order valence-electron chi connectivity index (χ2n) is 4.34. The molecular weight excluding hydrogens is 266 g/mol. The molecule has 0 atom stereocenters. The topological polar surface area (TPSA) is 101 Å². The van der Waals surface area contributed by atoms with Crippen molar-refractivity contribution < 1.29 is 13.2 Å². The fourth-order valence-electron chi connectivity index (χ4n) is 1.54. The van der Waals surface area contributed by atoms with E-state index in [0.717, 1.165) is 11.8 Å². The van der Waals surface area contributed by atoms with Gasteiger partial charge in [0, 0.05) is 12.1 Å². The molecule has 6 nitrogen and oxygen atoms in total. The summed E-state index contributed by atoms with van der Waals surface area (Å²) in [4.78, 5) is 11.5. The molecule has 0 spiro atoms. The van der Waals surface area contributed by atoms with Crippen molar-refractivity contribution in [1.29, 1.82) is 0 Å². The lowest BCUT2D eigenvalue weighted by atomic mass is 10.2. The highest BCUT2D eigenvalue weighted by Gasteiger charge is 2.07. The lowest BCUT2D eigenvalue weighted by Crippen LogP contribution is -2.14. The molecule has 0 aliphatic heterocycles. The quantitative estimate of drug-likeness (QED) is 0.727. The fraction of sp³-hybridized carbons (Fsp3) is 0.417. The second kappa shape index (κ2) is 6.53. The summed E-state index contributed by atoms with van der Waals surface area (Å²) in [5, 5.41) is 2.74. The summed E-state index contributed by atoms with van der Waals surface area (Å²) >= 11 is 0. The largest absolute Gasteiger partial charge is 0.330 e. The number of aryl methyl sites for hydroxylation is 1. The molecule has 0 heterocycles. The molecule has 7 heteroatoms. The number of anilines is 2. The number of benzene rings is 1. The molecule has 1 aromatic carbocycles. The van der Waals surface area contributed by atoms with Crippen LogP contribution in [-0.2, 0) is 14.8 Å². The second-order valence-corrected chi connectivity index (χ2v) is 6.09. The Morgan fingerprint density at radius 2 is 2.05 bits per heavy atom. The Balaban J connectivity index is 2.74. The van der Waals surface area contributed by atoms with E-state index in [2.05, 4.69) is 10.0 Å². The first-order chi connectivity index (χ1) is 8.81. The van der Waals surface area contributed by atoms with Gasteiger partial charge in [-0.25, -0.2) is 8.42 Å². The van der Waals surface area contributed by atoms with Gasteiger partial charge in [-0.15, -0.1) is 0 Å². The molecule has 0 saturated heterocycles. The number of carbonyl (C=O) groups excluding carboxylic acids is 1. The Labute approximate surface area is 113 Å². The summed E-state index contributed by atoms with van der Waals surface area (Å²) in [6.45, 7) is 2.24. The Hall–Kier alpha value is -1.60. The van der Waals surface area contributed by atoms with Crippen LogP contribution in [0, 0.1) is 6.92 Å². The molecule has 0 aliphatic rings. The number of nitrogens with one attached hydrogen (secondary N) is 2. The van der Waals surface area contributed by atoms with E-state index in [1.54, 1.807) is 25.1 Å². The van der Waals surface area contributed by atoms with E-state index in [4.69, 9.17) is 5.73 Å². The van der Waals surface area contributed by atoms with E-state index in [0.29, 0.717) is 30.8 Å². The molecule has 0 radical (unpaired) electrons. The zero-order chi connectivity index (χ0) is 14.5. The zero-order valence-electron chi connectivity index (χ0n) is 11.1. The third-order valence-corrected chi connectivity index (χ3v) is 3.00. The van der Waals surface area contributed by atoms with E-state index in [1.165, 1.54) is 0 Å². The number of amides is 1. The number of hydrogen-bond donors (Lipinski definition) is 3. The lowest BCUT2D eigenvalue weighted by molar-refractivity contribution is -0.116. The van der Waals surface area contributed by atoms with Crippen LogP contribution in [0.1, 0.15) is 18.4 Å². The highest BCUT2D eigenvalue weighted by atomic mass is 32.2. The zero-order valence-corrected chi connectivity index (χ0v) is 11.9. The number of carbonyl (C=O) groups is 1. The predicted molar refractivity (Wildman–Crippen MR) is 76.6 cm³/mol. The van der Waals surface area contributed by atoms with Crippen molar-refractivity contribution in [2.75, 3.05) is 22.8 Å². The summed E-state index contributed by atoms with van der Waals surface area (Å²) in [5.74, 6) is -0.103. The minimum atomic E-state index is -3.30. The maximum Gasteiger partial charge on any atom is 0.229 e. The van der Waals surface area contributed by atoms with Crippen molar-refractivity contribution in [2.24, 2.45) is 5.73 Å². The van der Waals surface area contributed by atoms with Crippen molar-refractivity contribution in [3.8, 4) is 0 Å². The first-order valence-electron chi connectivity index (χ1n) is 5.90. The molecule has 0 aromatic heterocycles. The standard InChI is InChI=1S/C12H19N3O3S/c1-9-8-10(14-12(16)4-3-7-13)5-6-11(9)15-19(2,17)18/h5-6,8,15H,3-4,7,13H2,1-2H3,(H,14,16). The van der Waals surface area contributed by atoms with E-state index < -0.39 is 10.0 Å². The molecule has 0 aliphatic carbocycles. The van der Waals surface area contributed by atoms with Gasteiger partial charge in [-0.3, -0.25) is 9.52 Å². The van der Waals surface area contributed by atoms with Crippen molar-refractivity contribution in [3.63, 3.8) is 0 Å². The van der Waals surface area contributed by atoms with Gasteiger partial charge < -0.3 is 11.1 Å². The van der Waals surface area contributed by atoms with Gasteiger partial charge in [-0.1, -0.05) is 0 Å². The van der Waals surface area contributed by atoms with E-state index in [1.807, 2.05) is 0 Å². The molecule has 0 bridgehead atoms. The molecule has 19 heavy (non-hydrogen) atoms. The van der Waals surface area contributed by atoms with Crippen LogP contribution in [-0.4, -0.2) is 27.1 Å². The van der Waals surface area contributed by atoms with E-state index >= 15 is 0 Å². The predicted octanol–water partition coefficient (Wildman–Crippen LogP) is 1.04. The van der Waals surface area contributed by atoms with Crippen LogP contribution in [0.15, 0.2) is 18.2 Å². The summed E-state index contributed by atoms with van der Waals surface area (Å²) in [6, 6.07) is 4.99. The molecule has 0 fully saturated rings. The van der Waals surface area contributed by atoms with Gasteiger partial charge in [-0.2, -0.15) is 0 Å². The number of rotatable bonds is 6. The SMILES string of the molecule is Cc1cc(NC(=O)CCCN)ccc1NS(C)(=O)=O. The van der Waals surface area contributed by atoms with Crippen molar-refractivity contribution in [1.82, 2.24) is 0 Å². The monoisotopic (exact) mass is 285 g/mol. The average molecular weight is 285 g/mol. The Bertz CT molecular complexity index is 555. The Morgan fingerprint density at radius 1 is 1.37 bits per heavy atom. The molecule has 0 saturated carbocycles. The van der Waals surface area contributed by atoms with Crippen LogP contribution in [0.3, 0.4) is 0 Å². The van der Waals surface area contributed by atoms with Crippen molar-refractivity contribution >= 4 is 27.3 Å². The average Bonchev–Trinajstić information content (AvgIpc) is 2.28. The minimum Gasteiger partial charge on any atom is -0.330 e. The number of hydrogen-bond acceptors (Lipinski definition) is 4. The summed E-state index contributed by atoms with van der Waals surface area (Å²) in [5.41, 5.74) is 7.21. The molecule has 0 unspecified atom stereocenters. The highest BCUT2D eigenvalue weighted by molar-refractivity contribution is 7.92. The van der Waals surface area contributed by atoms with Crippen LogP contribution in [0.4, 0.5) is 11.4 Å². The normalized spacial score (nSPS) is 11.1. The molecule has 4 N–H and O–H groups in total. The highest BCUT2D eigenvalue weighted by Crippen LogP contribution is 2.20. The third kappa shape index (κ3) is 5.71. The smallest absolute Gasteiger partial charge is 0.229 e. The van der Waals surface area contributed by atoms with Crippen LogP contribution in [0.25, 0.3) is 0 Å². The van der Waals surface area contributed by atoms with Crippen molar-refractivity contribution in [3.05, 3.63) is 23.8 Å². The molecule has 1 rings (SSSR count). The van der Waals surface area contributed by atoms with Gasteiger partial charge in [0.1, 0.15) is 0 Å². The first kappa shape index (κ1) is 15.5. The van der Waals surface area contributed by atoms with E-state index in [-0.39, 0.29) is 5.91 Å². The lowest BCUT2D eigenvalue weighted by Gasteiger charge is -2.10. The summed E-state index contributed by atoms with van der Waals surface area (Å²) in [7, 11) is -3.30. The minimum absolute atomic E-state index is 0.103. The van der Waals surface area contributed by atoms with E-state index in [9.17, 15) is 13.2 Å². The first-order valence-corrected chi connectivity index (χ1v) is 7.79. The Morgan fingerprint density at radius 3 is 2.58 bits per heavy atom. The molecule has 1 amide bonds. The molecule has 1 aromatic rings. The van der Waals surface area contributed by atoms with Crippen LogP contribution in [0.5, 0.6) is 0 Å². The van der Waals surface area contributed by atoms with Crippen molar-refractivity contribution in [2.45, 2.75) is 19.8 Å². The van der Waals surface area contributed by atoms with Gasteiger partial charge in [-0.05, 0) is 43.7 Å². The summed E-state index contributed by atoms with van der Waals surface area (Å²) in [6.07, 6.45) is 2.10. The van der Waals surface area contributed by atoms with Gasteiger partial charge in [0.2, 0.25) is 15.9 Å². The van der Waals surface area contributed by atoms with Gasteiger partial charge >= 0.3 is 0 Å². The number of sulfonamides is 1. The van der Waals surface area contributed by atoms with Crippen LogP contribution in [0.2, 0.25) is 0 Å². The Kier molecular flexibility index (Phi) is 5.31. The van der Waals surface area contributed by atoms with Gasteiger partial charge in [0.15, 0.2) is 0 Å².